The van der Waals surface area contributed by atoms with E-state index in [1.807, 2.05) is 20.9 Å². The molecule has 6 heteroatoms. The highest BCUT2D eigenvalue weighted by atomic mass is 32.2. The molecular weight excluding hydrogens is 216 g/mol. The van der Waals surface area contributed by atoms with Crippen LogP contribution < -0.4 is 0 Å². The van der Waals surface area contributed by atoms with Crippen molar-refractivity contribution in [2.24, 2.45) is 0 Å². The number of likely N-dealkylation sites (N-methyl/N-ethyl adjacent to an activating group) is 1. The SMILES string of the molecule is CN1CCN(S(=O)(=O)CCO)CC1(C)C. The highest BCUT2D eigenvalue weighted by Crippen LogP contribution is 2.20. The molecule has 0 aromatic carbocycles. The van der Waals surface area contributed by atoms with Gasteiger partial charge >= 0.3 is 0 Å². The first kappa shape index (κ1) is 12.9. The number of aliphatic hydroxyl groups excluding tert-OH is 1. The van der Waals surface area contributed by atoms with Gasteiger partial charge in [0.2, 0.25) is 10.0 Å². The van der Waals surface area contributed by atoms with E-state index in [4.69, 9.17) is 5.11 Å². The second-order valence-electron chi connectivity index (χ2n) is 4.61. The molecule has 1 saturated heterocycles. The number of nitrogens with zero attached hydrogens (tertiary/aromatic N) is 2. The zero-order valence-corrected chi connectivity index (χ0v) is 10.4. The van der Waals surface area contributed by atoms with Crippen molar-refractivity contribution in [1.29, 1.82) is 0 Å². The highest BCUT2D eigenvalue weighted by molar-refractivity contribution is 7.89. The van der Waals surface area contributed by atoms with E-state index >= 15 is 0 Å². The van der Waals surface area contributed by atoms with Crippen molar-refractivity contribution in [2.45, 2.75) is 19.4 Å². The van der Waals surface area contributed by atoms with E-state index in [1.165, 1.54) is 4.31 Å². The standard InChI is InChI=1S/C9H20N2O3S/c1-9(2)8-11(5-4-10(9)3)15(13,14)7-6-12/h12H,4-8H2,1-3H3. The van der Waals surface area contributed by atoms with Crippen LogP contribution in [-0.4, -0.2) is 67.3 Å². The second-order valence-corrected chi connectivity index (χ2v) is 6.70. The Kier molecular flexibility index (Phi) is 3.76. The van der Waals surface area contributed by atoms with Gasteiger partial charge in [0, 0.05) is 25.2 Å². The van der Waals surface area contributed by atoms with Crippen LogP contribution in [0.15, 0.2) is 0 Å². The summed E-state index contributed by atoms with van der Waals surface area (Å²) < 4.78 is 24.9. The van der Waals surface area contributed by atoms with Crippen molar-refractivity contribution >= 4 is 10.0 Å². The average molecular weight is 236 g/mol. The maximum absolute atomic E-state index is 11.7. The summed E-state index contributed by atoms with van der Waals surface area (Å²) in [5, 5.41) is 8.70. The van der Waals surface area contributed by atoms with Gasteiger partial charge in [-0.25, -0.2) is 8.42 Å². The number of rotatable bonds is 3. The van der Waals surface area contributed by atoms with Gasteiger partial charge in [-0.3, -0.25) is 4.90 Å². The molecular formula is C9H20N2O3S. The Morgan fingerprint density at radius 3 is 2.40 bits per heavy atom. The molecule has 0 unspecified atom stereocenters. The number of aliphatic hydroxyl groups is 1. The second kappa shape index (κ2) is 4.37. The highest BCUT2D eigenvalue weighted by Gasteiger charge is 2.35. The largest absolute Gasteiger partial charge is 0.395 e. The third kappa shape index (κ3) is 2.90. The zero-order chi connectivity index (χ0) is 11.7. The fraction of sp³-hybridized carbons (Fsp3) is 1.00. The summed E-state index contributed by atoms with van der Waals surface area (Å²) in [5.74, 6) is -0.174. The van der Waals surface area contributed by atoms with Crippen molar-refractivity contribution in [3.63, 3.8) is 0 Å². The third-order valence-corrected chi connectivity index (χ3v) is 4.82. The minimum Gasteiger partial charge on any atom is -0.395 e. The molecule has 0 aliphatic carbocycles. The summed E-state index contributed by atoms with van der Waals surface area (Å²) in [5.41, 5.74) is -0.138. The molecule has 1 fully saturated rings. The van der Waals surface area contributed by atoms with E-state index in [0.717, 1.165) is 6.54 Å². The van der Waals surface area contributed by atoms with Crippen LogP contribution in [0.2, 0.25) is 0 Å². The van der Waals surface area contributed by atoms with Gasteiger partial charge < -0.3 is 5.11 Å². The molecule has 0 aromatic heterocycles. The predicted molar refractivity (Wildman–Crippen MR) is 59.2 cm³/mol. The predicted octanol–water partition coefficient (Wildman–Crippen LogP) is -0.665. The molecule has 0 atom stereocenters. The Labute approximate surface area is 91.7 Å². The van der Waals surface area contributed by atoms with E-state index in [0.29, 0.717) is 13.1 Å². The lowest BCUT2D eigenvalue weighted by atomic mass is 10.0. The fourth-order valence-electron chi connectivity index (χ4n) is 1.68. The summed E-state index contributed by atoms with van der Waals surface area (Å²) in [7, 11) is -1.28. The Hall–Kier alpha value is -0.170. The van der Waals surface area contributed by atoms with Crippen LogP contribution in [0.25, 0.3) is 0 Å². The Bertz CT molecular complexity index is 313. The summed E-state index contributed by atoms with van der Waals surface area (Å²) in [4.78, 5) is 2.15. The Morgan fingerprint density at radius 1 is 1.33 bits per heavy atom. The van der Waals surface area contributed by atoms with Crippen LogP contribution in [-0.2, 0) is 10.0 Å². The van der Waals surface area contributed by atoms with Gasteiger partial charge in [0.05, 0.1) is 12.4 Å². The lowest BCUT2D eigenvalue weighted by molar-refractivity contribution is 0.0799. The minimum atomic E-state index is -3.27. The quantitative estimate of drug-likeness (QED) is 0.706. The van der Waals surface area contributed by atoms with Crippen LogP contribution >= 0.6 is 0 Å². The number of sulfonamides is 1. The molecule has 90 valence electrons. The van der Waals surface area contributed by atoms with E-state index in [-0.39, 0.29) is 17.9 Å². The van der Waals surface area contributed by atoms with Crippen molar-refractivity contribution in [2.75, 3.05) is 39.0 Å². The molecule has 1 N–H and O–H groups in total. The van der Waals surface area contributed by atoms with Crippen molar-refractivity contribution in [3.05, 3.63) is 0 Å². The molecule has 0 saturated carbocycles. The fourth-order valence-corrected chi connectivity index (χ4v) is 3.04. The van der Waals surface area contributed by atoms with Crippen molar-refractivity contribution in [3.8, 4) is 0 Å². The normalized spacial score (nSPS) is 24.3. The molecule has 1 aliphatic heterocycles. The zero-order valence-electron chi connectivity index (χ0n) is 9.60. The van der Waals surface area contributed by atoms with Gasteiger partial charge in [-0.15, -0.1) is 0 Å². The van der Waals surface area contributed by atoms with Crippen molar-refractivity contribution in [1.82, 2.24) is 9.21 Å². The summed E-state index contributed by atoms with van der Waals surface area (Å²) in [6, 6.07) is 0. The molecule has 0 radical (unpaired) electrons. The molecule has 1 rings (SSSR count). The molecule has 1 heterocycles. The molecule has 5 nitrogen and oxygen atoms in total. The van der Waals surface area contributed by atoms with E-state index in [2.05, 4.69) is 4.90 Å². The first-order valence-corrected chi connectivity index (χ1v) is 6.70. The Balaban J connectivity index is 2.75. The smallest absolute Gasteiger partial charge is 0.216 e. The molecule has 1 aliphatic rings. The summed E-state index contributed by atoms with van der Waals surface area (Å²) in [6.45, 7) is 5.47. The number of hydrogen-bond acceptors (Lipinski definition) is 4. The van der Waals surface area contributed by atoms with E-state index < -0.39 is 10.0 Å². The maximum Gasteiger partial charge on any atom is 0.216 e. The first-order valence-electron chi connectivity index (χ1n) is 5.09. The summed E-state index contributed by atoms with van der Waals surface area (Å²) >= 11 is 0. The third-order valence-electron chi connectivity index (χ3n) is 3.02. The molecule has 0 bridgehead atoms. The summed E-state index contributed by atoms with van der Waals surface area (Å²) in [6.07, 6.45) is 0. The molecule has 0 amide bonds. The van der Waals surface area contributed by atoms with Gasteiger partial charge in [-0.2, -0.15) is 4.31 Å². The van der Waals surface area contributed by atoms with Gasteiger partial charge in [-0.05, 0) is 20.9 Å². The van der Waals surface area contributed by atoms with Crippen LogP contribution in [0.3, 0.4) is 0 Å². The molecule has 15 heavy (non-hydrogen) atoms. The van der Waals surface area contributed by atoms with Crippen LogP contribution in [0, 0.1) is 0 Å². The van der Waals surface area contributed by atoms with Gasteiger partial charge in [0.15, 0.2) is 0 Å². The van der Waals surface area contributed by atoms with Gasteiger partial charge in [0.1, 0.15) is 0 Å². The van der Waals surface area contributed by atoms with E-state index in [1.54, 1.807) is 0 Å². The Morgan fingerprint density at radius 2 is 1.93 bits per heavy atom. The van der Waals surface area contributed by atoms with Crippen molar-refractivity contribution < 1.29 is 13.5 Å². The van der Waals surface area contributed by atoms with E-state index in [9.17, 15) is 8.42 Å². The molecule has 0 spiro atoms. The van der Waals surface area contributed by atoms with Crippen LogP contribution in [0.1, 0.15) is 13.8 Å². The average Bonchev–Trinajstić information content (AvgIpc) is 2.09. The monoisotopic (exact) mass is 236 g/mol. The van der Waals surface area contributed by atoms with Crippen LogP contribution in [0.4, 0.5) is 0 Å². The lowest BCUT2D eigenvalue weighted by Gasteiger charge is -2.44. The maximum atomic E-state index is 11.7. The lowest BCUT2D eigenvalue weighted by Crippen LogP contribution is -2.59. The minimum absolute atomic E-state index is 0.138. The first-order chi connectivity index (χ1) is 6.79. The number of piperazine rings is 1. The topological polar surface area (TPSA) is 60.9 Å². The van der Waals surface area contributed by atoms with Gasteiger partial charge in [0.25, 0.3) is 0 Å². The molecule has 0 aromatic rings. The number of hydrogen-bond donors (Lipinski definition) is 1. The van der Waals surface area contributed by atoms with Crippen LogP contribution in [0.5, 0.6) is 0 Å². The van der Waals surface area contributed by atoms with Gasteiger partial charge in [-0.1, -0.05) is 0 Å².